The van der Waals surface area contributed by atoms with E-state index >= 15 is 0 Å². The number of pyridine rings is 1. The van der Waals surface area contributed by atoms with Gasteiger partial charge in [-0.1, -0.05) is 17.7 Å². The summed E-state index contributed by atoms with van der Waals surface area (Å²) in [6.07, 6.45) is 1.15. The van der Waals surface area contributed by atoms with E-state index < -0.39 is 16.1 Å². The Bertz CT molecular complexity index is 1090. The highest BCUT2D eigenvalue weighted by molar-refractivity contribution is 7.92. The molecule has 0 aliphatic carbocycles. The molecule has 1 aromatic heterocycles. The Kier molecular flexibility index (Phi) is 7.49. The molecule has 0 amide bonds. The summed E-state index contributed by atoms with van der Waals surface area (Å²) in [6, 6.07) is 16.1. The fraction of sp³-hybridized carbons (Fsp3) is 0.286. The molecule has 0 aliphatic rings. The predicted molar refractivity (Wildman–Crippen MR) is 120 cm³/mol. The molecular formula is C21H24ClN3O4S. The maximum absolute atomic E-state index is 11.2. The van der Waals surface area contributed by atoms with E-state index in [2.05, 4.69) is 15.0 Å². The summed E-state index contributed by atoms with van der Waals surface area (Å²) in [7, 11) is -3.31. The number of rotatable bonds is 10. The van der Waals surface area contributed by atoms with Gasteiger partial charge in [-0.3, -0.25) is 9.71 Å². The standard InChI is InChI=1S/C21H24ClN3O4S/c1-30(27,28)25-18-5-7-20(8-6-18)29-14-19(26)13-23-11-10-17-4-2-15-12-16(22)3-9-21(15)24-17/h2-9,12,19,23,25-26H,10-11,13-14H2,1H3. The summed E-state index contributed by atoms with van der Waals surface area (Å²) in [6.45, 7) is 1.19. The smallest absolute Gasteiger partial charge is 0.229 e. The quantitative estimate of drug-likeness (QED) is 0.411. The largest absolute Gasteiger partial charge is 0.491 e. The van der Waals surface area contributed by atoms with E-state index in [1.54, 1.807) is 24.3 Å². The number of fused-ring (bicyclic) bond motifs is 1. The van der Waals surface area contributed by atoms with Gasteiger partial charge in [0.15, 0.2) is 0 Å². The molecule has 0 fully saturated rings. The topological polar surface area (TPSA) is 101 Å². The summed E-state index contributed by atoms with van der Waals surface area (Å²) in [5.74, 6) is 0.550. The van der Waals surface area contributed by atoms with Crippen molar-refractivity contribution in [3.05, 3.63) is 65.3 Å². The maximum atomic E-state index is 11.2. The Hall–Kier alpha value is -2.39. The minimum Gasteiger partial charge on any atom is -0.491 e. The number of sulfonamides is 1. The van der Waals surface area contributed by atoms with Crippen LogP contribution in [0.5, 0.6) is 5.75 Å². The van der Waals surface area contributed by atoms with Crippen LogP contribution in [0, 0.1) is 0 Å². The van der Waals surface area contributed by atoms with Gasteiger partial charge in [0.2, 0.25) is 10.0 Å². The first-order valence-corrected chi connectivity index (χ1v) is 11.7. The third-order valence-corrected chi connectivity index (χ3v) is 5.09. The number of hydrogen-bond acceptors (Lipinski definition) is 6. The number of hydrogen-bond donors (Lipinski definition) is 3. The van der Waals surface area contributed by atoms with E-state index in [9.17, 15) is 13.5 Å². The van der Waals surface area contributed by atoms with Crippen LogP contribution < -0.4 is 14.8 Å². The maximum Gasteiger partial charge on any atom is 0.229 e. The van der Waals surface area contributed by atoms with Crippen LogP contribution in [0.15, 0.2) is 54.6 Å². The van der Waals surface area contributed by atoms with Gasteiger partial charge >= 0.3 is 0 Å². The van der Waals surface area contributed by atoms with E-state index in [1.165, 1.54) is 0 Å². The fourth-order valence-electron chi connectivity index (χ4n) is 2.85. The monoisotopic (exact) mass is 449 g/mol. The molecule has 0 saturated heterocycles. The van der Waals surface area contributed by atoms with Crippen molar-refractivity contribution in [1.82, 2.24) is 10.3 Å². The first kappa shape index (κ1) is 22.3. The van der Waals surface area contributed by atoms with Crippen LogP contribution in [0.1, 0.15) is 5.69 Å². The van der Waals surface area contributed by atoms with Crippen LogP contribution in [0.25, 0.3) is 10.9 Å². The second-order valence-corrected chi connectivity index (χ2v) is 9.14. The van der Waals surface area contributed by atoms with Gasteiger partial charge in [-0.05, 0) is 48.5 Å². The van der Waals surface area contributed by atoms with Crippen LogP contribution in [0.4, 0.5) is 5.69 Å². The Morgan fingerprint density at radius 1 is 1.13 bits per heavy atom. The average Bonchev–Trinajstić information content (AvgIpc) is 2.69. The van der Waals surface area contributed by atoms with Gasteiger partial charge in [-0.25, -0.2) is 8.42 Å². The first-order valence-electron chi connectivity index (χ1n) is 9.43. The zero-order valence-electron chi connectivity index (χ0n) is 16.5. The molecule has 9 heteroatoms. The molecule has 0 aliphatic heterocycles. The SMILES string of the molecule is CS(=O)(=O)Nc1ccc(OCC(O)CNCCc2ccc3cc(Cl)ccc3n2)cc1. The molecule has 3 N–H and O–H groups in total. The number of aliphatic hydroxyl groups is 1. The zero-order chi connectivity index (χ0) is 21.6. The number of ether oxygens (including phenoxy) is 1. The molecule has 0 saturated carbocycles. The number of anilines is 1. The molecule has 2 aromatic carbocycles. The van der Waals surface area contributed by atoms with Crippen LogP contribution in [-0.4, -0.2) is 50.6 Å². The second-order valence-electron chi connectivity index (χ2n) is 6.96. The lowest BCUT2D eigenvalue weighted by Gasteiger charge is -2.14. The number of benzene rings is 2. The molecule has 1 atom stereocenters. The molecule has 160 valence electrons. The molecule has 0 spiro atoms. The first-order chi connectivity index (χ1) is 14.3. The Labute approximate surface area is 181 Å². The lowest BCUT2D eigenvalue weighted by Crippen LogP contribution is -2.32. The fourth-order valence-corrected chi connectivity index (χ4v) is 3.59. The van der Waals surface area contributed by atoms with Crippen molar-refractivity contribution in [2.45, 2.75) is 12.5 Å². The van der Waals surface area contributed by atoms with Crippen molar-refractivity contribution in [2.75, 3.05) is 30.7 Å². The van der Waals surface area contributed by atoms with Crippen LogP contribution >= 0.6 is 11.6 Å². The normalized spacial score (nSPS) is 12.6. The summed E-state index contributed by atoms with van der Waals surface area (Å²) in [5, 5.41) is 15.0. The van der Waals surface area contributed by atoms with Crippen molar-refractivity contribution in [3.8, 4) is 5.75 Å². The average molecular weight is 450 g/mol. The zero-order valence-corrected chi connectivity index (χ0v) is 18.1. The van der Waals surface area contributed by atoms with Crippen molar-refractivity contribution in [2.24, 2.45) is 0 Å². The van der Waals surface area contributed by atoms with Crippen molar-refractivity contribution < 1.29 is 18.3 Å². The predicted octanol–water partition coefficient (Wildman–Crippen LogP) is 2.83. The van der Waals surface area contributed by atoms with Crippen molar-refractivity contribution >= 4 is 38.2 Å². The lowest BCUT2D eigenvalue weighted by molar-refractivity contribution is 0.106. The van der Waals surface area contributed by atoms with Crippen molar-refractivity contribution in [1.29, 1.82) is 0 Å². The molecule has 0 bridgehead atoms. The molecule has 0 radical (unpaired) electrons. The summed E-state index contributed by atoms with van der Waals surface area (Å²) in [5.41, 5.74) is 2.33. The van der Waals surface area contributed by atoms with Gasteiger partial charge < -0.3 is 15.2 Å². The van der Waals surface area contributed by atoms with Crippen LogP contribution in [-0.2, 0) is 16.4 Å². The summed E-state index contributed by atoms with van der Waals surface area (Å²) in [4.78, 5) is 4.61. The molecule has 1 heterocycles. The molecule has 7 nitrogen and oxygen atoms in total. The Balaban J connectivity index is 1.38. The highest BCUT2D eigenvalue weighted by atomic mass is 35.5. The lowest BCUT2D eigenvalue weighted by atomic mass is 10.2. The molecule has 1 unspecified atom stereocenters. The highest BCUT2D eigenvalue weighted by Gasteiger charge is 2.07. The van der Waals surface area contributed by atoms with E-state index in [0.29, 0.717) is 29.5 Å². The van der Waals surface area contributed by atoms with Gasteiger partial charge in [0.05, 0.1) is 11.8 Å². The van der Waals surface area contributed by atoms with Gasteiger partial charge in [0.25, 0.3) is 0 Å². The third kappa shape index (κ3) is 7.14. The van der Waals surface area contributed by atoms with E-state index in [4.69, 9.17) is 16.3 Å². The Morgan fingerprint density at radius 3 is 2.63 bits per heavy atom. The van der Waals surface area contributed by atoms with E-state index in [0.717, 1.165) is 29.3 Å². The summed E-state index contributed by atoms with van der Waals surface area (Å²) >= 11 is 5.99. The minimum atomic E-state index is -3.31. The summed E-state index contributed by atoms with van der Waals surface area (Å²) < 4.78 is 30.3. The van der Waals surface area contributed by atoms with Crippen LogP contribution in [0.3, 0.4) is 0 Å². The second kappa shape index (κ2) is 10.1. The van der Waals surface area contributed by atoms with Gasteiger partial charge in [-0.2, -0.15) is 0 Å². The number of aliphatic hydroxyl groups excluding tert-OH is 1. The van der Waals surface area contributed by atoms with E-state index in [-0.39, 0.29) is 6.61 Å². The molecule has 3 aromatic rings. The number of nitrogens with one attached hydrogen (secondary N) is 2. The van der Waals surface area contributed by atoms with Gasteiger partial charge in [0.1, 0.15) is 18.5 Å². The van der Waals surface area contributed by atoms with Gasteiger partial charge in [-0.15, -0.1) is 0 Å². The number of halogens is 1. The molecule has 30 heavy (non-hydrogen) atoms. The number of aromatic nitrogens is 1. The minimum absolute atomic E-state index is 0.126. The van der Waals surface area contributed by atoms with Crippen LogP contribution in [0.2, 0.25) is 5.02 Å². The molecular weight excluding hydrogens is 426 g/mol. The Morgan fingerprint density at radius 2 is 1.90 bits per heavy atom. The van der Waals surface area contributed by atoms with Crippen molar-refractivity contribution in [3.63, 3.8) is 0 Å². The number of nitrogens with zero attached hydrogens (tertiary/aromatic N) is 1. The third-order valence-electron chi connectivity index (χ3n) is 4.25. The highest BCUT2D eigenvalue weighted by Crippen LogP contribution is 2.18. The molecule has 3 rings (SSSR count). The van der Waals surface area contributed by atoms with Gasteiger partial charge in [0, 0.05) is 41.3 Å². The van der Waals surface area contributed by atoms with E-state index in [1.807, 2.05) is 30.3 Å².